The molecule has 6 rings (SSSR count). The molecule has 36 heavy (non-hydrogen) atoms. The van der Waals surface area contributed by atoms with Gasteiger partial charge in [-0.05, 0) is 70.2 Å². The summed E-state index contributed by atoms with van der Waals surface area (Å²) in [7, 11) is 0. The van der Waals surface area contributed by atoms with E-state index in [2.05, 4.69) is 30.8 Å². The summed E-state index contributed by atoms with van der Waals surface area (Å²) in [5, 5.41) is 34.7. The van der Waals surface area contributed by atoms with Gasteiger partial charge in [-0.25, -0.2) is 14.4 Å². The molecule has 0 bridgehead atoms. The standard InChI is InChI=1S/C24H22N12/c1-14-11-16(3)33(29-14)24(34-17(4)12-15(2)30-34)26-18-9-10-22-20(13-18)28-32-36(22)23(25)35-21-8-6-5-7-19(21)27-31-35/h5-13,25H,1-4H3. The predicted octanol–water partition coefficient (Wildman–Crippen LogP) is 3.22. The zero-order valence-electron chi connectivity index (χ0n) is 20.1. The van der Waals surface area contributed by atoms with Gasteiger partial charge >= 0.3 is 0 Å². The molecule has 0 atom stereocenters. The number of aromatic nitrogens is 10. The Morgan fingerprint density at radius 1 is 0.694 bits per heavy atom. The largest absolute Gasteiger partial charge is 0.265 e. The molecule has 4 aromatic heterocycles. The molecule has 0 saturated carbocycles. The number of aliphatic imine (C=N–C) groups is 1. The van der Waals surface area contributed by atoms with Gasteiger partial charge in [0.2, 0.25) is 5.96 Å². The fourth-order valence-corrected chi connectivity index (χ4v) is 4.22. The van der Waals surface area contributed by atoms with Gasteiger partial charge in [0.05, 0.1) is 28.1 Å². The molecule has 0 amide bonds. The van der Waals surface area contributed by atoms with E-state index in [0.717, 1.165) is 22.8 Å². The molecule has 12 heteroatoms. The summed E-state index contributed by atoms with van der Waals surface area (Å²) in [4.78, 5) is 4.90. The second kappa shape index (κ2) is 8.05. The average molecular weight is 479 g/mol. The highest BCUT2D eigenvalue weighted by Gasteiger charge is 2.17. The lowest BCUT2D eigenvalue weighted by Crippen LogP contribution is -2.26. The lowest BCUT2D eigenvalue weighted by molar-refractivity contribution is 0.766. The number of nitrogens with one attached hydrogen (secondary N) is 1. The SMILES string of the molecule is Cc1cc(C)n(C(=Nc2ccc3c(c2)nnn3C(=N)n2nnc3ccccc32)n2nc(C)cc2C)n1. The minimum absolute atomic E-state index is 0.0217. The zero-order chi connectivity index (χ0) is 25.0. The summed E-state index contributed by atoms with van der Waals surface area (Å²) in [6.07, 6.45) is 0. The Kier molecular flexibility index (Phi) is 4.81. The molecule has 1 N–H and O–H groups in total. The fraction of sp³-hybridized carbons (Fsp3) is 0.167. The number of aryl methyl sites for hydroxylation is 4. The lowest BCUT2D eigenvalue weighted by atomic mass is 10.3. The maximum atomic E-state index is 8.68. The van der Waals surface area contributed by atoms with Crippen molar-refractivity contribution in [1.29, 1.82) is 5.41 Å². The van der Waals surface area contributed by atoms with Crippen molar-refractivity contribution in [3.63, 3.8) is 0 Å². The van der Waals surface area contributed by atoms with Crippen LogP contribution in [0.15, 0.2) is 59.6 Å². The molecule has 0 saturated heterocycles. The predicted molar refractivity (Wildman–Crippen MR) is 135 cm³/mol. The quantitative estimate of drug-likeness (QED) is 0.285. The second-order valence-electron chi connectivity index (χ2n) is 8.58. The number of para-hydroxylation sites is 1. The molecule has 0 aliphatic carbocycles. The van der Waals surface area contributed by atoms with E-state index in [1.165, 1.54) is 9.36 Å². The van der Waals surface area contributed by atoms with Gasteiger partial charge in [-0.2, -0.15) is 19.6 Å². The summed E-state index contributed by atoms with van der Waals surface area (Å²) in [6.45, 7) is 7.85. The van der Waals surface area contributed by atoms with E-state index in [-0.39, 0.29) is 5.96 Å². The Hall–Kier alpha value is -5.00. The molecule has 2 aromatic carbocycles. The van der Waals surface area contributed by atoms with Crippen LogP contribution in [0.5, 0.6) is 0 Å². The first-order chi connectivity index (χ1) is 17.4. The summed E-state index contributed by atoms with van der Waals surface area (Å²) < 4.78 is 6.41. The molecular formula is C24H22N12. The van der Waals surface area contributed by atoms with Crippen LogP contribution >= 0.6 is 0 Å². The third-order valence-electron chi connectivity index (χ3n) is 5.81. The molecule has 0 spiro atoms. The number of benzene rings is 2. The van der Waals surface area contributed by atoms with Crippen molar-refractivity contribution in [3.05, 3.63) is 77.4 Å². The van der Waals surface area contributed by atoms with Crippen molar-refractivity contribution in [2.45, 2.75) is 27.7 Å². The summed E-state index contributed by atoms with van der Waals surface area (Å²) >= 11 is 0. The van der Waals surface area contributed by atoms with Gasteiger partial charge in [0.1, 0.15) is 11.0 Å². The first kappa shape index (κ1) is 21.5. The minimum atomic E-state index is 0.0217. The van der Waals surface area contributed by atoms with Crippen molar-refractivity contribution in [3.8, 4) is 0 Å². The monoisotopic (exact) mass is 478 g/mol. The van der Waals surface area contributed by atoms with Gasteiger partial charge in [0.25, 0.3) is 5.96 Å². The summed E-state index contributed by atoms with van der Waals surface area (Å²) in [5.41, 5.74) is 6.97. The van der Waals surface area contributed by atoms with Crippen LogP contribution in [-0.2, 0) is 0 Å². The third-order valence-corrected chi connectivity index (χ3v) is 5.81. The molecule has 4 heterocycles. The maximum absolute atomic E-state index is 8.68. The Bertz CT molecular complexity index is 1760. The molecule has 0 unspecified atom stereocenters. The number of rotatable bonds is 1. The first-order valence-corrected chi connectivity index (χ1v) is 11.3. The molecule has 0 radical (unpaired) electrons. The number of nitrogens with zero attached hydrogens (tertiary/aromatic N) is 11. The van der Waals surface area contributed by atoms with E-state index in [1.807, 2.05) is 82.3 Å². The van der Waals surface area contributed by atoms with E-state index < -0.39 is 0 Å². The molecule has 0 aliphatic heterocycles. The smallest absolute Gasteiger partial charge is 0.252 e. The van der Waals surface area contributed by atoms with E-state index in [1.54, 1.807) is 9.36 Å². The van der Waals surface area contributed by atoms with Gasteiger partial charge < -0.3 is 0 Å². The van der Waals surface area contributed by atoms with Crippen LogP contribution in [0.1, 0.15) is 22.8 Å². The fourth-order valence-electron chi connectivity index (χ4n) is 4.22. The van der Waals surface area contributed by atoms with Crippen molar-refractivity contribution in [2.24, 2.45) is 4.99 Å². The van der Waals surface area contributed by atoms with Gasteiger partial charge in [0.15, 0.2) is 0 Å². The Morgan fingerprint density at radius 2 is 1.28 bits per heavy atom. The molecule has 0 fully saturated rings. The first-order valence-electron chi connectivity index (χ1n) is 11.3. The van der Waals surface area contributed by atoms with E-state index in [4.69, 9.17) is 10.4 Å². The lowest BCUT2D eigenvalue weighted by Gasteiger charge is -2.11. The number of hydrogen-bond acceptors (Lipinski definition) is 8. The molecular weight excluding hydrogens is 456 g/mol. The molecule has 0 aliphatic rings. The summed E-state index contributed by atoms with van der Waals surface area (Å²) in [5.74, 6) is 0.577. The van der Waals surface area contributed by atoms with Crippen LogP contribution in [0.2, 0.25) is 0 Å². The van der Waals surface area contributed by atoms with Crippen molar-refractivity contribution in [1.82, 2.24) is 49.5 Å². The highest BCUT2D eigenvalue weighted by molar-refractivity contribution is 5.95. The average Bonchev–Trinajstić information content (AvgIpc) is 3.62. The van der Waals surface area contributed by atoms with Gasteiger partial charge in [0, 0.05) is 11.4 Å². The minimum Gasteiger partial charge on any atom is -0.265 e. The Morgan fingerprint density at radius 3 is 1.89 bits per heavy atom. The van der Waals surface area contributed by atoms with Gasteiger partial charge in [-0.15, -0.1) is 10.2 Å². The maximum Gasteiger partial charge on any atom is 0.252 e. The van der Waals surface area contributed by atoms with Crippen LogP contribution in [0.25, 0.3) is 22.1 Å². The third kappa shape index (κ3) is 3.47. The topological polar surface area (TPSA) is 133 Å². The van der Waals surface area contributed by atoms with E-state index in [9.17, 15) is 0 Å². The zero-order valence-corrected chi connectivity index (χ0v) is 20.1. The summed E-state index contributed by atoms with van der Waals surface area (Å²) in [6, 6.07) is 17.0. The Labute approximate surface area is 205 Å². The van der Waals surface area contributed by atoms with Crippen molar-refractivity contribution < 1.29 is 0 Å². The molecule has 12 nitrogen and oxygen atoms in total. The van der Waals surface area contributed by atoms with E-state index in [0.29, 0.717) is 33.7 Å². The van der Waals surface area contributed by atoms with Crippen LogP contribution in [0.3, 0.4) is 0 Å². The number of fused-ring (bicyclic) bond motifs is 2. The molecule has 178 valence electrons. The normalized spacial score (nSPS) is 11.4. The number of hydrogen-bond donors (Lipinski definition) is 1. The highest BCUT2D eigenvalue weighted by Crippen LogP contribution is 2.21. The van der Waals surface area contributed by atoms with E-state index >= 15 is 0 Å². The Balaban J connectivity index is 1.44. The van der Waals surface area contributed by atoms with Crippen LogP contribution in [0.4, 0.5) is 5.69 Å². The highest BCUT2D eigenvalue weighted by atomic mass is 15.6. The van der Waals surface area contributed by atoms with Crippen LogP contribution < -0.4 is 0 Å². The second-order valence-corrected chi connectivity index (χ2v) is 8.58. The van der Waals surface area contributed by atoms with Gasteiger partial charge in [-0.3, -0.25) is 5.41 Å². The van der Waals surface area contributed by atoms with Crippen LogP contribution in [0, 0.1) is 33.1 Å². The van der Waals surface area contributed by atoms with Gasteiger partial charge in [-0.1, -0.05) is 22.6 Å². The molecule has 6 aromatic rings. The van der Waals surface area contributed by atoms with Crippen molar-refractivity contribution in [2.75, 3.05) is 0 Å². The van der Waals surface area contributed by atoms with Crippen molar-refractivity contribution >= 4 is 39.7 Å². The van der Waals surface area contributed by atoms with Crippen LogP contribution in [-0.4, -0.2) is 61.5 Å².